The van der Waals surface area contributed by atoms with Gasteiger partial charge in [0, 0.05) is 22.3 Å². The van der Waals surface area contributed by atoms with Crippen molar-refractivity contribution < 1.29 is 28.7 Å². The molecule has 0 bridgehead atoms. The maximum absolute atomic E-state index is 13.2. The molecule has 0 aliphatic heterocycles. The summed E-state index contributed by atoms with van der Waals surface area (Å²) in [5.74, 6) is -2.57. The Balaban J connectivity index is 2.29. The van der Waals surface area contributed by atoms with Crippen molar-refractivity contribution in [3.05, 3.63) is 106 Å². The largest absolute Gasteiger partial charge is 0.465 e. The third-order valence-corrected chi connectivity index (χ3v) is 4.53. The number of carbonyl (C=O) groups excluding carboxylic acids is 4. The Kier molecular flexibility index (Phi) is 6.17. The molecule has 0 unspecified atom stereocenters. The van der Waals surface area contributed by atoms with Gasteiger partial charge in [-0.3, -0.25) is 9.59 Å². The summed E-state index contributed by atoms with van der Waals surface area (Å²) in [7, 11) is 2.32. The molecule has 0 radical (unpaired) electrons. The number of benzene rings is 3. The Bertz CT molecular complexity index is 1030. The fourth-order valence-corrected chi connectivity index (χ4v) is 3.02. The molecule has 150 valence electrons. The minimum atomic E-state index is -0.823. The molecule has 0 saturated heterocycles. The van der Waals surface area contributed by atoms with E-state index in [-0.39, 0.29) is 22.3 Å². The molecule has 3 aromatic carbocycles. The molecule has 0 fully saturated rings. The van der Waals surface area contributed by atoms with E-state index in [1.54, 1.807) is 60.7 Å². The van der Waals surface area contributed by atoms with Gasteiger partial charge in [-0.05, 0) is 12.1 Å². The van der Waals surface area contributed by atoms with E-state index in [1.165, 1.54) is 12.1 Å². The van der Waals surface area contributed by atoms with Gasteiger partial charge in [0.1, 0.15) is 0 Å². The molecular weight excluding hydrogens is 384 g/mol. The predicted octanol–water partition coefficient (Wildman–Crippen LogP) is 3.72. The molecule has 6 nitrogen and oxygen atoms in total. The molecule has 30 heavy (non-hydrogen) atoms. The molecule has 3 aromatic rings. The topological polar surface area (TPSA) is 86.7 Å². The van der Waals surface area contributed by atoms with Crippen molar-refractivity contribution in [1.29, 1.82) is 0 Å². The monoisotopic (exact) mass is 402 g/mol. The normalized spacial score (nSPS) is 10.2. The van der Waals surface area contributed by atoms with Gasteiger partial charge in [0.2, 0.25) is 0 Å². The lowest BCUT2D eigenvalue weighted by molar-refractivity contribution is 0.0555. The highest BCUT2D eigenvalue weighted by atomic mass is 16.5. The molecule has 6 heteroatoms. The third kappa shape index (κ3) is 4.03. The van der Waals surface area contributed by atoms with E-state index in [1.807, 2.05) is 0 Å². The van der Waals surface area contributed by atoms with Crippen LogP contribution < -0.4 is 0 Å². The van der Waals surface area contributed by atoms with Crippen LogP contribution in [0.1, 0.15) is 52.6 Å². The molecule has 0 aliphatic carbocycles. The molecule has 0 atom stereocenters. The second-order valence-corrected chi connectivity index (χ2v) is 6.32. The minimum absolute atomic E-state index is 0.0110. The van der Waals surface area contributed by atoms with Gasteiger partial charge in [0.15, 0.2) is 11.6 Å². The molecular formula is C24H18O6. The molecule has 0 aliphatic rings. The molecule has 3 rings (SSSR count). The van der Waals surface area contributed by atoms with Crippen LogP contribution in [0.25, 0.3) is 0 Å². The van der Waals surface area contributed by atoms with E-state index in [9.17, 15) is 19.2 Å². The van der Waals surface area contributed by atoms with Crippen LogP contribution in [-0.4, -0.2) is 37.7 Å². The van der Waals surface area contributed by atoms with Crippen LogP contribution in [-0.2, 0) is 9.47 Å². The number of ketones is 2. The van der Waals surface area contributed by atoms with Gasteiger partial charge in [0.05, 0.1) is 25.3 Å². The summed E-state index contributed by atoms with van der Waals surface area (Å²) < 4.78 is 9.51. The predicted molar refractivity (Wildman–Crippen MR) is 109 cm³/mol. The fraction of sp³-hybridized carbons (Fsp3) is 0.0833. The van der Waals surface area contributed by atoms with E-state index >= 15 is 0 Å². The van der Waals surface area contributed by atoms with E-state index < -0.39 is 23.5 Å². The van der Waals surface area contributed by atoms with Gasteiger partial charge < -0.3 is 9.47 Å². The second-order valence-electron chi connectivity index (χ2n) is 6.32. The Morgan fingerprint density at radius 1 is 0.533 bits per heavy atom. The summed E-state index contributed by atoms with van der Waals surface area (Å²) in [5.41, 5.74) is 0.329. The highest BCUT2D eigenvalue weighted by Crippen LogP contribution is 2.24. The number of methoxy groups -OCH3 is 2. The first-order valence-electron chi connectivity index (χ1n) is 9.02. The summed E-state index contributed by atoms with van der Waals surface area (Å²) in [5, 5.41) is 0. The number of hydrogen-bond acceptors (Lipinski definition) is 6. The van der Waals surface area contributed by atoms with Gasteiger partial charge in [-0.25, -0.2) is 9.59 Å². The van der Waals surface area contributed by atoms with Gasteiger partial charge in [0.25, 0.3) is 0 Å². The number of hydrogen-bond donors (Lipinski definition) is 0. The second kappa shape index (κ2) is 8.96. The fourth-order valence-electron chi connectivity index (χ4n) is 3.02. The smallest absolute Gasteiger partial charge is 0.338 e. The van der Waals surface area contributed by atoms with Crippen molar-refractivity contribution in [1.82, 2.24) is 0 Å². The van der Waals surface area contributed by atoms with Crippen LogP contribution in [0.15, 0.2) is 72.8 Å². The van der Waals surface area contributed by atoms with Crippen LogP contribution in [0, 0.1) is 0 Å². The quantitative estimate of drug-likeness (QED) is 0.461. The molecule has 0 saturated carbocycles. The number of rotatable bonds is 6. The first-order valence-corrected chi connectivity index (χ1v) is 9.02. The minimum Gasteiger partial charge on any atom is -0.465 e. The average Bonchev–Trinajstić information content (AvgIpc) is 2.82. The number of carbonyl (C=O) groups is 4. The molecule has 0 amide bonds. The van der Waals surface area contributed by atoms with Crippen LogP contribution >= 0.6 is 0 Å². The lowest BCUT2D eigenvalue weighted by atomic mass is 9.89. The van der Waals surface area contributed by atoms with Crippen molar-refractivity contribution in [2.24, 2.45) is 0 Å². The van der Waals surface area contributed by atoms with Gasteiger partial charge in [-0.1, -0.05) is 60.7 Å². The zero-order valence-electron chi connectivity index (χ0n) is 16.4. The zero-order valence-corrected chi connectivity index (χ0v) is 16.4. The molecule has 0 aromatic heterocycles. The van der Waals surface area contributed by atoms with E-state index in [4.69, 9.17) is 9.47 Å². The van der Waals surface area contributed by atoms with Crippen LogP contribution in [0.3, 0.4) is 0 Å². The van der Waals surface area contributed by atoms with Crippen molar-refractivity contribution in [2.45, 2.75) is 0 Å². The van der Waals surface area contributed by atoms with Crippen molar-refractivity contribution in [3.63, 3.8) is 0 Å². The lowest BCUT2D eigenvalue weighted by Crippen LogP contribution is -2.18. The van der Waals surface area contributed by atoms with Crippen molar-refractivity contribution in [2.75, 3.05) is 14.2 Å². The maximum Gasteiger partial charge on any atom is 0.338 e. The van der Waals surface area contributed by atoms with Crippen LogP contribution in [0.2, 0.25) is 0 Å². The Morgan fingerprint density at radius 2 is 0.867 bits per heavy atom. The summed E-state index contributed by atoms with van der Waals surface area (Å²) in [6.07, 6.45) is 0. The Labute approximate surface area is 173 Å². The first kappa shape index (κ1) is 20.7. The van der Waals surface area contributed by atoms with E-state index in [0.717, 1.165) is 14.2 Å². The standard InChI is InChI=1S/C24H18O6/c1-29-23(27)19-13-17(21(25)15-9-5-3-6-10-15)18(14-20(19)24(28)30-2)22(26)16-11-7-4-8-12-16/h3-14H,1-2H3. The summed E-state index contributed by atoms with van der Waals surface area (Å²) >= 11 is 0. The lowest BCUT2D eigenvalue weighted by Gasteiger charge is -2.14. The van der Waals surface area contributed by atoms with Crippen LogP contribution in [0.5, 0.6) is 0 Å². The van der Waals surface area contributed by atoms with Crippen molar-refractivity contribution in [3.8, 4) is 0 Å². The number of ether oxygens (including phenoxy) is 2. The Morgan fingerprint density at radius 3 is 1.17 bits per heavy atom. The first-order chi connectivity index (χ1) is 14.5. The van der Waals surface area contributed by atoms with Gasteiger partial charge in [-0.15, -0.1) is 0 Å². The maximum atomic E-state index is 13.2. The molecule has 0 N–H and O–H groups in total. The molecule has 0 spiro atoms. The Hall–Kier alpha value is -4.06. The van der Waals surface area contributed by atoms with Gasteiger partial charge in [-0.2, -0.15) is 0 Å². The van der Waals surface area contributed by atoms with E-state index in [2.05, 4.69) is 0 Å². The SMILES string of the molecule is COC(=O)c1cc(C(=O)c2ccccc2)c(C(=O)c2ccccc2)cc1C(=O)OC. The van der Waals surface area contributed by atoms with E-state index in [0.29, 0.717) is 11.1 Å². The highest BCUT2D eigenvalue weighted by Gasteiger charge is 2.27. The van der Waals surface area contributed by atoms with Crippen LogP contribution in [0.4, 0.5) is 0 Å². The summed E-state index contributed by atoms with van der Waals surface area (Å²) in [6, 6.07) is 19.1. The summed E-state index contributed by atoms with van der Waals surface area (Å²) in [6.45, 7) is 0. The molecule has 0 heterocycles. The van der Waals surface area contributed by atoms with Crippen molar-refractivity contribution >= 4 is 23.5 Å². The third-order valence-electron chi connectivity index (χ3n) is 4.53. The highest BCUT2D eigenvalue weighted by molar-refractivity contribution is 6.21. The number of esters is 2. The average molecular weight is 402 g/mol. The summed E-state index contributed by atoms with van der Waals surface area (Å²) in [4.78, 5) is 51.0. The van der Waals surface area contributed by atoms with Gasteiger partial charge >= 0.3 is 11.9 Å². The zero-order chi connectivity index (χ0) is 21.7.